The maximum absolute atomic E-state index is 13.1. The van der Waals surface area contributed by atoms with Gasteiger partial charge in [0.15, 0.2) is 5.78 Å². The number of fused-ring (bicyclic) bond motifs is 5. The first-order valence-corrected chi connectivity index (χ1v) is 12.1. The van der Waals surface area contributed by atoms with Gasteiger partial charge in [-0.15, -0.1) is 0 Å². The van der Waals surface area contributed by atoms with Gasteiger partial charge in [-0.1, -0.05) is 19.4 Å². The minimum atomic E-state index is -0.252. The van der Waals surface area contributed by atoms with Gasteiger partial charge in [-0.05, 0) is 93.5 Å². The van der Waals surface area contributed by atoms with Crippen LogP contribution in [0.4, 0.5) is 4.79 Å². The molecule has 0 unspecified atom stereocenters. The van der Waals surface area contributed by atoms with Gasteiger partial charge >= 0.3 is 6.03 Å². The minimum Gasteiger partial charge on any atom is -0.325 e. The topological polar surface area (TPSA) is 66.5 Å². The molecule has 0 aromatic rings. The van der Waals surface area contributed by atoms with Crippen LogP contribution in [0.15, 0.2) is 11.6 Å². The number of rotatable bonds is 3. The molecule has 0 aromatic carbocycles. The Kier molecular flexibility index (Phi) is 5.61. The molecule has 6 atom stereocenters. The van der Waals surface area contributed by atoms with E-state index in [1.54, 1.807) is 4.90 Å². The lowest BCUT2D eigenvalue weighted by Crippen LogP contribution is -2.53. The lowest BCUT2D eigenvalue weighted by molar-refractivity contribution is -0.131. The van der Waals surface area contributed by atoms with Crippen molar-refractivity contribution >= 4 is 17.7 Å². The molecule has 0 bridgehead atoms. The van der Waals surface area contributed by atoms with Gasteiger partial charge in [0.1, 0.15) is 0 Å². The normalized spacial score (nSPS) is 40.0. The monoisotopic (exact) mass is 414 g/mol. The van der Waals surface area contributed by atoms with Crippen molar-refractivity contribution in [2.75, 3.05) is 13.1 Å². The largest absolute Gasteiger partial charge is 0.325 e. The molecule has 0 heterocycles. The third-order valence-corrected chi connectivity index (χ3v) is 9.56. The zero-order valence-electron chi connectivity index (χ0n) is 19.1. The van der Waals surface area contributed by atoms with Crippen molar-refractivity contribution < 1.29 is 14.4 Å². The Morgan fingerprint density at radius 2 is 1.77 bits per heavy atom. The predicted molar refractivity (Wildman–Crippen MR) is 117 cm³/mol. The Morgan fingerprint density at radius 3 is 2.47 bits per heavy atom. The molecule has 3 fully saturated rings. The number of carbonyl (C=O) groups is 3. The quantitative estimate of drug-likeness (QED) is 0.727. The summed E-state index contributed by atoms with van der Waals surface area (Å²) >= 11 is 0. The van der Waals surface area contributed by atoms with E-state index in [2.05, 4.69) is 19.2 Å². The van der Waals surface area contributed by atoms with E-state index in [0.717, 1.165) is 44.9 Å². The summed E-state index contributed by atoms with van der Waals surface area (Å²) in [7, 11) is 0. The van der Waals surface area contributed by atoms with Crippen molar-refractivity contribution in [3.05, 3.63) is 11.6 Å². The lowest BCUT2D eigenvalue weighted by Gasteiger charge is -2.58. The number of nitrogens with zero attached hydrogens (tertiary/aromatic N) is 1. The number of urea groups is 1. The first-order valence-electron chi connectivity index (χ1n) is 12.1. The molecule has 3 amide bonds. The molecule has 166 valence electrons. The summed E-state index contributed by atoms with van der Waals surface area (Å²) in [5.74, 6) is 1.98. The molecule has 5 heteroatoms. The van der Waals surface area contributed by atoms with Crippen molar-refractivity contribution in [2.45, 2.75) is 79.1 Å². The molecule has 30 heavy (non-hydrogen) atoms. The summed E-state index contributed by atoms with van der Waals surface area (Å²) in [5.41, 5.74) is 1.54. The molecule has 4 rings (SSSR count). The molecule has 0 saturated heterocycles. The third kappa shape index (κ3) is 3.23. The summed E-state index contributed by atoms with van der Waals surface area (Å²) in [5, 5.41) is 2.71. The Balaban J connectivity index is 1.52. The summed E-state index contributed by atoms with van der Waals surface area (Å²) in [6.45, 7) is 9.80. The SMILES string of the molecule is CCN(CC)C(=O)NC(=O)[C@H]1CC[C@H]2[C@@H]3CCC4=CC(=O)CC[C@]4(C)[C@H]3CC[C@]12C. The van der Waals surface area contributed by atoms with E-state index in [9.17, 15) is 14.4 Å². The highest BCUT2D eigenvalue weighted by Crippen LogP contribution is 2.66. The molecule has 3 saturated carbocycles. The third-order valence-electron chi connectivity index (χ3n) is 9.56. The Hall–Kier alpha value is -1.65. The molecule has 0 radical (unpaired) electrons. The van der Waals surface area contributed by atoms with E-state index in [-0.39, 0.29) is 28.7 Å². The average molecular weight is 415 g/mol. The zero-order chi connectivity index (χ0) is 21.7. The molecule has 4 aliphatic carbocycles. The van der Waals surface area contributed by atoms with Gasteiger partial charge in [-0.2, -0.15) is 0 Å². The fraction of sp³-hybridized carbons (Fsp3) is 0.800. The molecule has 5 nitrogen and oxygen atoms in total. The Bertz CT molecular complexity index is 770. The molecule has 1 N–H and O–H groups in total. The first-order chi connectivity index (χ1) is 14.2. The summed E-state index contributed by atoms with van der Waals surface area (Å²) in [6.07, 6.45) is 9.97. The van der Waals surface area contributed by atoms with Crippen LogP contribution in [0, 0.1) is 34.5 Å². The van der Waals surface area contributed by atoms with E-state index in [4.69, 9.17) is 0 Å². The number of amides is 3. The van der Waals surface area contributed by atoms with Gasteiger partial charge < -0.3 is 4.90 Å². The van der Waals surface area contributed by atoms with Crippen LogP contribution in [-0.4, -0.2) is 35.7 Å². The summed E-state index contributed by atoms with van der Waals surface area (Å²) < 4.78 is 0. The minimum absolute atomic E-state index is 0.0170. The van der Waals surface area contributed by atoms with Crippen LogP contribution in [0.2, 0.25) is 0 Å². The molecular formula is C25H38N2O3. The van der Waals surface area contributed by atoms with E-state index in [1.165, 1.54) is 5.57 Å². The van der Waals surface area contributed by atoms with Gasteiger partial charge in [0.2, 0.25) is 5.91 Å². The predicted octanol–water partition coefficient (Wildman–Crippen LogP) is 4.71. The van der Waals surface area contributed by atoms with Crippen LogP contribution in [0.5, 0.6) is 0 Å². The van der Waals surface area contributed by atoms with Gasteiger partial charge in [0.05, 0.1) is 0 Å². The van der Waals surface area contributed by atoms with Crippen molar-refractivity contribution in [1.82, 2.24) is 10.2 Å². The second-order valence-corrected chi connectivity index (χ2v) is 10.6. The van der Waals surface area contributed by atoms with Crippen LogP contribution >= 0.6 is 0 Å². The summed E-state index contributed by atoms with van der Waals surface area (Å²) in [4.78, 5) is 39.3. The number of nitrogens with one attached hydrogen (secondary N) is 1. The van der Waals surface area contributed by atoms with Gasteiger partial charge in [0, 0.05) is 25.4 Å². The smallest absolute Gasteiger partial charge is 0.324 e. The number of imide groups is 1. The Labute approximate surface area is 181 Å². The van der Waals surface area contributed by atoms with E-state index < -0.39 is 0 Å². The number of allylic oxidation sites excluding steroid dienone is 1. The standard InChI is InChI=1S/C25H38N2O3/c1-5-27(6-2)23(30)26-22(29)21-10-9-19-18-8-7-16-15-17(28)11-13-24(16,3)20(18)12-14-25(19,21)4/h15,18-21H,5-14H2,1-4H3,(H,26,29,30)/t18-,19-,20-,21+,24-,25-/m0/s1. The van der Waals surface area contributed by atoms with E-state index >= 15 is 0 Å². The number of ketones is 1. The van der Waals surface area contributed by atoms with Crippen molar-refractivity contribution in [3.8, 4) is 0 Å². The second-order valence-electron chi connectivity index (χ2n) is 10.6. The highest BCUT2D eigenvalue weighted by atomic mass is 16.2. The van der Waals surface area contributed by atoms with Crippen molar-refractivity contribution in [1.29, 1.82) is 0 Å². The van der Waals surface area contributed by atoms with Crippen LogP contribution in [-0.2, 0) is 9.59 Å². The Morgan fingerprint density at radius 1 is 1.03 bits per heavy atom. The van der Waals surface area contributed by atoms with Gasteiger partial charge in [-0.25, -0.2) is 4.79 Å². The maximum atomic E-state index is 13.1. The van der Waals surface area contributed by atoms with Crippen LogP contribution in [0.25, 0.3) is 0 Å². The highest BCUT2D eigenvalue weighted by molar-refractivity contribution is 5.96. The number of carbonyl (C=O) groups excluding carboxylic acids is 3. The van der Waals surface area contributed by atoms with Gasteiger partial charge in [-0.3, -0.25) is 14.9 Å². The average Bonchev–Trinajstić information content (AvgIpc) is 3.06. The van der Waals surface area contributed by atoms with Crippen molar-refractivity contribution in [2.24, 2.45) is 34.5 Å². The van der Waals surface area contributed by atoms with Crippen LogP contribution < -0.4 is 5.32 Å². The highest BCUT2D eigenvalue weighted by Gasteiger charge is 2.60. The van der Waals surface area contributed by atoms with E-state index in [1.807, 2.05) is 19.9 Å². The van der Waals surface area contributed by atoms with Gasteiger partial charge in [0.25, 0.3) is 0 Å². The number of hydrogen-bond donors (Lipinski definition) is 1. The molecular weight excluding hydrogens is 376 g/mol. The second kappa shape index (κ2) is 7.80. The van der Waals surface area contributed by atoms with Crippen LogP contribution in [0.1, 0.15) is 79.1 Å². The van der Waals surface area contributed by atoms with E-state index in [0.29, 0.717) is 43.0 Å². The van der Waals surface area contributed by atoms with Crippen LogP contribution in [0.3, 0.4) is 0 Å². The van der Waals surface area contributed by atoms with Crippen molar-refractivity contribution in [3.63, 3.8) is 0 Å². The molecule has 0 aromatic heterocycles. The molecule has 4 aliphatic rings. The fourth-order valence-electron chi connectivity index (χ4n) is 7.77. The number of hydrogen-bond acceptors (Lipinski definition) is 3. The summed E-state index contributed by atoms with van der Waals surface area (Å²) in [6, 6.07) is -0.252. The maximum Gasteiger partial charge on any atom is 0.324 e. The zero-order valence-corrected chi connectivity index (χ0v) is 19.1. The fourth-order valence-corrected chi connectivity index (χ4v) is 7.77. The first kappa shape index (κ1) is 21.6. The lowest BCUT2D eigenvalue weighted by atomic mass is 9.47. The molecule has 0 aliphatic heterocycles. The molecule has 0 spiro atoms.